The fraction of sp³-hybridized carbons (Fsp3) is 0.273. The molecule has 15 heavy (non-hydrogen) atoms. The first kappa shape index (κ1) is 9.89. The fourth-order valence-corrected chi connectivity index (χ4v) is 2.76. The summed E-state index contributed by atoms with van der Waals surface area (Å²) in [4.78, 5) is 0. The van der Waals surface area contributed by atoms with Crippen molar-refractivity contribution in [3.63, 3.8) is 0 Å². The zero-order chi connectivity index (χ0) is 10.8. The molecule has 1 aliphatic heterocycles. The third-order valence-electron chi connectivity index (χ3n) is 2.55. The first-order valence-corrected chi connectivity index (χ1v) is 5.75. The minimum atomic E-state index is 0.339. The minimum Gasteiger partial charge on any atom is -0.397 e. The second-order valence-electron chi connectivity index (χ2n) is 3.38. The zero-order valence-electron chi connectivity index (χ0n) is 8.08. The Labute approximate surface area is 92.5 Å². The van der Waals surface area contributed by atoms with Gasteiger partial charge in [-0.2, -0.15) is 22.3 Å². The summed E-state index contributed by atoms with van der Waals surface area (Å²) in [5.41, 5.74) is 9.17. The predicted molar refractivity (Wildman–Crippen MR) is 60.2 cm³/mol. The lowest BCUT2D eigenvalue weighted by atomic mass is 9.95. The number of nitrogens with zero attached hydrogens (tertiary/aromatic N) is 2. The summed E-state index contributed by atoms with van der Waals surface area (Å²) in [6.07, 6.45) is 0.874. The molecule has 1 heterocycles. The maximum atomic E-state index is 9.05. The van der Waals surface area contributed by atoms with Gasteiger partial charge in [0.25, 0.3) is 0 Å². The lowest BCUT2D eigenvalue weighted by molar-refractivity contribution is 1.07. The standard InChI is InChI=1S/C11H9N3S/c12-4-7-3-8-6-15-2-1-9(8)10(5-13)11(7)14/h3H,1-2,6,14H2. The molecule has 1 aromatic carbocycles. The van der Waals surface area contributed by atoms with Crippen molar-refractivity contribution in [1.29, 1.82) is 10.5 Å². The first-order valence-electron chi connectivity index (χ1n) is 4.60. The van der Waals surface area contributed by atoms with Crippen LogP contribution >= 0.6 is 11.8 Å². The molecule has 0 radical (unpaired) electrons. The van der Waals surface area contributed by atoms with E-state index in [4.69, 9.17) is 16.3 Å². The normalized spacial score (nSPS) is 13.7. The number of hydrogen-bond acceptors (Lipinski definition) is 4. The van der Waals surface area contributed by atoms with Crippen LogP contribution in [0.1, 0.15) is 22.3 Å². The molecule has 0 saturated heterocycles. The number of anilines is 1. The van der Waals surface area contributed by atoms with E-state index in [1.807, 2.05) is 23.9 Å². The summed E-state index contributed by atoms with van der Waals surface area (Å²) >= 11 is 1.82. The van der Waals surface area contributed by atoms with E-state index in [2.05, 4.69) is 6.07 Å². The molecule has 2 rings (SSSR count). The maximum Gasteiger partial charge on any atom is 0.102 e. The summed E-state index contributed by atoms with van der Waals surface area (Å²) in [5, 5.41) is 17.9. The van der Waals surface area contributed by atoms with Gasteiger partial charge in [0.15, 0.2) is 0 Å². The van der Waals surface area contributed by atoms with E-state index in [-0.39, 0.29) is 0 Å². The topological polar surface area (TPSA) is 73.6 Å². The van der Waals surface area contributed by atoms with Gasteiger partial charge in [0, 0.05) is 5.75 Å². The lowest BCUT2D eigenvalue weighted by Crippen LogP contribution is -2.09. The van der Waals surface area contributed by atoms with Crippen LogP contribution in [-0.2, 0) is 12.2 Å². The number of nitriles is 2. The Balaban J connectivity index is 2.72. The van der Waals surface area contributed by atoms with Gasteiger partial charge in [-0.05, 0) is 29.4 Å². The van der Waals surface area contributed by atoms with Gasteiger partial charge >= 0.3 is 0 Å². The highest BCUT2D eigenvalue weighted by Crippen LogP contribution is 2.32. The van der Waals surface area contributed by atoms with Crippen LogP contribution in [0.5, 0.6) is 0 Å². The molecule has 0 unspecified atom stereocenters. The average molecular weight is 215 g/mol. The van der Waals surface area contributed by atoms with Crippen molar-refractivity contribution in [2.75, 3.05) is 11.5 Å². The summed E-state index contributed by atoms with van der Waals surface area (Å²) in [5.74, 6) is 1.89. The molecule has 0 amide bonds. The van der Waals surface area contributed by atoms with Crippen molar-refractivity contribution in [3.05, 3.63) is 28.3 Å². The van der Waals surface area contributed by atoms with Crippen molar-refractivity contribution >= 4 is 17.4 Å². The molecule has 0 spiro atoms. The molecule has 0 saturated carbocycles. The summed E-state index contributed by atoms with van der Waals surface area (Å²) in [6, 6.07) is 5.96. The molecule has 1 aromatic rings. The Hall–Kier alpha value is -1.65. The number of nitrogens with two attached hydrogens (primary N) is 1. The molecule has 0 fully saturated rings. The van der Waals surface area contributed by atoms with E-state index in [9.17, 15) is 0 Å². The van der Waals surface area contributed by atoms with Crippen LogP contribution in [0.3, 0.4) is 0 Å². The first-order chi connectivity index (χ1) is 7.27. The van der Waals surface area contributed by atoms with Crippen LogP contribution in [0.25, 0.3) is 0 Å². The molecule has 0 aliphatic carbocycles. The average Bonchev–Trinajstić information content (AvgIpc) is 2.28. The zero-order valence-corrected chi connectivity index (χ0v) is 8.90. The van der Waals surface area contributed by atoms with Crippen LogP contribution in [0.2, 0.25) is 0 Å². The summed E-state index contributed by atoms with van der Waals surface area (Å²) in [7, 11) is 0. The predicted octanol–water partition coefficient (Wildman–Crippen LogP) is 1.80. The Bertz CT molecular complexity index is 494. The van der Waals surface area contributed by atoms with Crippen LogP contribution in [0.4, 0.5) is 5.69 Å². The molecule has 2 N–H and O–H groups in total. The second-order valence-corrected chi connectivity index (χ2v) is 4.48. The SMILES string of the molecule is N#Cc1cc2c(c(C#N)c1N)CCSC2. The molecular formula is C11H9N3S. The number of benzene rings is 1. The van der Waals surface area contributed by atoms with E-state index in [0.717, 1.165) is 29.1 Å². The van der Waals surface area contributed by atoms with Gasteiger partial charge in [-0.1, -0.05) is 0 Å². The van der Waals surface area contributed by atoms with Crippen LogP contribution in [0, 0.1) is 22.7 Å². The molecule has 1 aliphatic rings. The van der Waals surface area contributed by atoms with E-state index >= 15 is 0 Å². The largest absolute Gasteiger partial charge is 0.397 e. The Morgan fingerprint density at radius 1 is 1.33 bits per heavy atom. The second kappa shape index (κ2) is 3.84. The number of thioether (sulfide) groups is 1. The lowest BCUT2D eigenvalue weighted by Gasteiger charge is -2.18. The van der Waals surface area contributed by atoms with E-state index in [0.29, 0.717) is 16.8 Å². The Morgan fingerprint density at radius 2 is 2.13 bits per heavy atom. The third kappa shape index (κ3) is 1.54. The molecule has 74 valence electrons. The monoisotopic (exact) mass is 215 g/mol. The Kier molecular flexibility index (Phi) is 2.53. The Morgan fingerprint density at radius 3 is 2.80 bits per heavy atom. The fourth-order valence-electron chi connectivity index (χ4n) is 1.79. The van der Waals surface area contributed by atoms with Gasteiger partial charge in [0.1, 0.15) is 12.1 Å². The molecule has 3 nitrogen and oxygen atoms in total. The quantitative estimate of drug-likeness (QED) is 0.670. The van der Waals surface area contributed by atoms with Crippen LogP contribution in [0.15, 0.2) is 6.07 Å². The van der Waals surface area contributed by atoms with Crippen molar-refractivity contribution in [1.82, 2.24) is 0 Å². The van der Waals surface area contributed by atoms with Gasteiger partial charge in [-0.3, -0.25) is 0 Å². The van der Waals surface area contributed by atoms with Gasteiger partial charge in [0.2, 0.25) is 0 Å². The number of hydrogen-bond donors (Lipinski definition) is 1. The molecular weight excluding hydrogens is 206 g/mol. The van der Waals surface area contributed by atoms with Crippen molar-refractivity contribution in [2.45, 2.75) is 12.2 Å². The molecule has 0 bridgehead atoms. The minimum absolute atomic E-state index is 0.339. The van der Waals surface area contributed by atoms with Crippen LogP contribution < -0.4 is 5.73 Å². The highest BCUT2D eigenvalue weighted by Gasteiger charge is 2.18. The van der Waals surface area contributed by atoms with Gasteiger partial charge in [0.05, 0.1) is 16.8 Å². The highest BCUT2D eigenvalue weighted by atomic mass is 32.2. The highest BCUT2D eigenvalue weighted by molar-refractivity contribution is 7.98. The number of rotatable bonds is 0. The smallest absolute Gasteiger partial charge is 0.102 e. The van der Waals surface area contributed by atoms with Crippen molar-refractivity contribution in [3.8, 4) is 12.1 Å². The molecule has 4 heteroatoms. The maximum absolute atomic E-state index is 9.05. The van der Waals surface area contributed by atoms with Crippen molar-refractivity contribution in [2.24, 2.45) is 0 Å². The van der Waals surface area contributed by atoms with E-state index < -0.39 is 0 Å². The van der Waals surface area contributed by atoms with Crippen molar-refractivity contribution < 1.29 is 0 Å². The molecule has 0 atom stereocenters. The number of nitrogen functional groups attached to an aromatic ring is 1. The van der Waals surface area contributed by atoms with E-state index in [1.165, 1.54) is 0 Å². The van der Waals surface area contributed by atoms with Crippen LogP contribution in [-0.4, -0.2) is 5.75 Å². The summed E-state index contributed by atoms with van der Waals surface area (Å²) < 4.78 is 0. The summed E-state index contributed by atoms with van der Waals surface area (Å²) in [6.45, 7) is 0. The third-order valence-corrected chi connectivity index (χ3v) is 3.56. The van der Waals surface area contributed by atoms with E-state index in [1.54, 1.807) is 0 Å². The molecule has 0 aromatic heterocycles. The van der Waals surface area contributed by atoms with Gasteiger partial charge in [-0.15, -0.1) is 0 Å². The number of fused-ring (bicyclic) bond motifs is 1. The van der Waals surface area contributed by atoms with Gasteiger partial charge < -0.3 is 5.73 Å². The van der Waals surface area contributed by atoms with Gasteiger partial charge in [-0.25, -0.2) is 0 Å².